The smallest absolute Gasteiger partial charge is 0.335 e. The lowest BCUT2D eigenvalue weighted by molar-refractivity contribution is 0.0906. The fourth-order valence-corrected chi connectivity index (χ4v) is 5.80. The second-order valence-electron chi connectivity index (χ2n) is 5.54. The monoisotopic (exact) mass is 258 g/mol. The average molecular weight is 258 g/mol. The van der Waals surface area contributed by atoms with E-state index in [4.69, 9.17) is 8.85 Å². The third kappa shape index (κ3) is 5.10. The molecule has 1 fully saturated rings. The van der Waals surface area contributed by atoms with E-state index in [9.17, 15) is 0 Å². The van der Waals surface area contributed by atoms with Gasteiger partial charge in [0.25, 0.3) is 0 Å². The SMILES string of the molecule is CCCC[Si](C)(OCC)OC(C)C1CCCC1. The van der Waals surface area contributed by atoms with Crippen molar-refractivity contribution in [2.75, 3.05) is 6.61 Å². The highest BCUT2D eigenvalue weighted by atomic mass is 28.4. The Morgan fingerprint density at radius 2 is 1.88 bits per heavy atom. The van der Waals surface area contributed by atoms with Crippen LogP contribution in [-0.4, -0.2) is 21.3 Å². The van der Waals surface area contributed by atoms with Crippen molar-refractivity contribution in [1.82, 2.24) is 0 Å². The summed E-state index contributed by atoms with van der Waals surface area (Å²) in [5.41, 5.74) is 0. The van der Waals surface area contributed by atoms with Gasteiger partial charge in [-0.1, -0.05) is 32.6 Å². The van der Waals surface area contributed by atoms with Crippen LogP contribution in [0.4, 0.5) is 0 Å². The lowest BCUT2D eigenvalue weighted by atomic mass is 10.0. The molecule has 1 aliphatic carbocycles. The summed E-state index contributed by atoms with van der Waals surface area (Å²) in [6, 6.07) is 1.15. The van der Waals surface area contributed by atoms with Crippen LogP contribution in [-0.2, 0) is 8.85 Å². The average Bonchev–Trinajstić information content (AvgIpc) is 2.80. The molecule has 2 unspecified atom stereocenters. The van der Waals surface area contributed by atoms with Crippen molar-refractivity contribution in [2.45, 2.75) is 78.0 Å². The van der Waals surface area contributed by atoms with Gasteiger partial charge in [0.15, 0.2) is 0 Å². The van der Waals surface area contributed by atoms with Crippen molar-refractivity contribution in [3.05, 3.63) is 0 Å². The first kappa shape index (κ1) is 15.2. The molecule has 0 N–H and O–H groups in total. The maximum Gasteiger partial charge on any atom is 0.335 e. The molecule has 2 nitrogen and oxygen atoms in total. The highest BCUT2D eigenvalue weighted by Gasteiger charge is 2.35. The molecule has 1 rings (SSSR count). The summed E-state index contributed by atoms with van der Waals surface area (Å²) in [4.78, 5) is 0. The van der Waals surface area contributed by atoms with E-state index >= 15 is 0 Å². The van der Waals surface area contributed by atoms with Gasteiger partial charge in [0.2, 0.25) is 0 Å². The Bertz CT molecular complexity index is 204. The largest absolute Gasteiger partial charge is 0.395 e. The van der Waals surface area contributed by atoms with Gasteiger partial charge in [0.05, 0.1) is 0 Å². The normalized spacial score (nSPS) is 22.6. The van der Waals surface area contributed by atoms with Gasteiger partial charge in [0, 0.05) is 12.7 Å². The van der Waals surface area contributed by atoms with E-state index in [-0.39, 0.29) is 0 Å². The van der Waals surface area contributed by atoms with Crippen LogP contribution in [0.25, 0.3) is 0 Å². The summed E-state index contributed by atoms with van der Waals surface area (Å²) in [5, 5.41) is 0. The molecule has 3 heteroatoms. The van der Waals surface area contributed by atoms with Crippen LogP contribution in [0.2, 0.25) is 12.6 Å². The standard InChI is InChI=1S/C14H30O2Si/c1-5-7-12-17(4,15-6-2)16-13(3)14-10-8-9-11-14/h13-14H,5-12H2,1-4H3. The van der Waals surface area contributed by atoms with Gasteiger partial charge in [-0.05, 0) is 45.2 Å². The van der Waals surface area contributed by atoms with Crippen molar-refractivity contribution < 1.29 is 8.85 Å². The number of hydrogen-bond acceptors (Lipinski definition) is 2. The highest BCUT2D eigenvalue weighted by molar-refractivity contribution is 6.66. The molecule has 0 heterocycles. The van der Waals surface area contributed by atoms with Gasteiger partial charge in [0.1, 0.15) is 0 Å². The van der Waals surface area contributed by atoms with Crippen molar-refractivity contribution >= 4 is 8.56 Å². The summed E-state index contributed by atoms with van der Waals surface area (Å²) >= 11 is 0. The van der Waals surface area contributed by atoms with Crippen molar-refractivity contribution in [1.29, 1.82) is 0 Å². The highest BCUT2D eigenvalue weighted by Crippen LogP contribution is 2.31. The van der Waals surface area contributed by atoms with E-state index in [1.54, 1.807) is 0 Å². The van der Waals surface area contributed by atoms with Crippen LogP contribution >= 0.6 is 0 Å². The van der Waals surface area contributed by atoms with Gasteiger partial charge in [-0.25, -0.2) is 0 Å². The Kier molecular flexibility index (Phi) is 6.74. The van der Waals surface area contributed by atoms with Crippen LogP contribution in [0, 0.1) is 5.92 Å². The first-order valence-electron chi connectivity index (χ1n) is 7.43. The second-order valence-corrected chi connectivity index (χ2v) is 8.83. The number of unbranched alkanes of at least 4 members (excludes halogenated alkanes) is 1. The summed E-state index contributed by atoms with van der Waals surface area (Å²) in [5.74, 6) is 0.781. The maximum absolute atomic E-state index is 6.38. The minimum absolute atomic E-state index is 0.401. The lowest BCUT2D eigenvalue weighted by Crippen LogP contribution is -2.43. The Morgan fingerprint density at radius 3 is 2.41 bits per heavy atom. The van der Waals surface area contributed by atoms with Crippen molar-refractivity contribution in [3.8, 4) is 0 Å². The Labute approximate surface area is 108 Å². The minimum atomic E-state index is -1.90. The zero-order valence-electron chi connectivity index (χ0n) is 12.1. The molecule has 0 aromatic rings. The summed E-state index contributed by atoms with van der Waals surface area (Å²) in [6.07, 6.45) is 8.35. The van der Waals surface area contributed by atoms with Gasteiger partial charge >= 0.3 is 8.56 Å². The molecule has 1 saturated carbocycles. The van der Waals surface area contributed by atoms with E-state index < -0.39 is 8.56 Å². The Balaban J connectivity index is 2.45. The van der Waals surface area contributed by atoms with E-state index in [1.807, 2.05) is 0 Å². The molecule has 0 radical (unpaired) electrons. The summed E-state index contributed by atoms with van der Waals surface area (Å²) in [7, 11) is -1.90. The zero-order chi connectivity index (χ0) is 12.7. The fraction of sp³-hybridized carbons (Fsp3) is 1.00. The second kappa shape index (κ2) is 7.55. The molecular formula is C14H30O2Si. The van der Waals surface area contributed by atoms with Gasteiger partial charge in [-0.3, -0.25) is 0 Å². The van der Waals surface area contributed by atoms with Crippen LogP contribution in [0.1, 0.15) is 59.3 Å². The van der Waals surface area contributed by atoms with Gasteiger partial charge in [-0.2, -0.15) is 0 Å². The molecule has 0 aromatic heterocycles. The van der Waals surface area contributed by atoms with Gasteiger partial charge < -0.3 is 8.85 Å². The number of rotatable bonds is 8. The maximum atomic E-state index is 6.38. The topological polar surface area (TPSA) is 18.5 Å². The van der Waals surface area contributed by atoms with E-state index in [0.717, 1.165) is 18.6 Å². The predicted molar refractivity (Wildman–Crippen MR) is 75.5 cm³/mol. The van der Waals surface area contributed by atoms with Crippen molar-refractivity contribution in [3.63, 3.8) is 0 Å². The molecule has 0 saturated heterocycles. The Morgan fingerprint density at radius 1 is 1.24 bits per heavy atom. The number of hydrogen-bond donors (Lipinski definition) is 0. The van der Waals surface area contributed by atoms with Crippen molar-refractivity contribution in [2.24, 2.45) is 5.92 Å². The fourth-order valence-electron chi connectivity index (χ4n) is 2.88. The van der Waals surface area contributed by atoms with Crippen LogP contribution in [0.15, 0.2) is 0 Å². The van der Waals surface area contributed by atoms with Crippen LogP contribution < -0.4 is 0 Å². The zero-order valence-corrected chi connectivity index (χ0v) is 13.1. The molecule has 1 aliphatic rings. The molecular weight excluding hydrogens is 228 g/mol. The molecule has 0 aliphatic heterocycles. The van der Waals surface area contributed by atoms with E-state index in [1.165, 1.54) is 38.5 Å². The third-order valence-corrected chi connectivity index (χ3v) is 6.96. The molecule has 0 spiro atoms. The Hall–Kier alpha value is 0.137. The minimum Gasteiger partial charge on any atom is -0.395 e. The van der Waals surface area contributed by atoms with Gasteiger partial charge in [-0.15, -0.1) is 0 Å². The van der Waals surface area contributed by atoms with E-state index in [0.29, 0.717) is 6.10 Å². The summed E-state index contributed by atoms with van der Waals surface area (Å²) in [6.45, 7) is 9.62. The first-order chi connectivity index (χ1) is 8.11. The molecule has 0 amide bonds. The molecule has 0 bridgehead atoms. The first-order valence-corrected chi connectivity index (χ1v) is 9.95. The van der Waals surface area contributed by atoms with E-state index in [2.05, 4.69) is 27.3 Å². The summed E-state index contributed by atoms with van der Waals surface area (Å²) < 4.78 is 12.4. The molecule has 2 atom stereocenters. The molecule has 17 heavy (non-hydrogen) atoms. The third-order valence-electron chi connectivity index (χ3n) is 3.93. The predicted octanol–water partition coefficient (Wildman–Crippen LogP) is 4.49. The molecule has 0 aromatic carbocycles. The van der Waals surface area contributed by atoms with Crippen LogP contribution in [0.3, 0.4) is 0 Å². The quantitative estimate of drug-likeness (QED) is 0.597. The molecule has 102 valence electrons. The lowest BCUT2D eigenvalue weighted by Gasteiger charge is -2.32. The van der Waals surface area contributed by atoms with Crippen LogP contribution in [0.5, 0.6) is 0 Å².